The minimum Gasteiger partial charge on any atom is -1.00 e. The molecule has 0 amide bonds. The van der Waals surface area contributed by atoms with Crippen molar-refractivity contribution in [1.82, 2.24) is 6.15 Å². The van der Waals surface area contributed by atoms with E-state index in [4.69, 9.17) is 0 Å². The van der Waals surface area contributed by atoms with Crippen LogP contribution in [0.2, 0.25) is 0 Å². The van der Waals surface area contributed by atoms with Gasteiger partial charge >= 0.3 is 0 Å². The molecule has 0 rings (SSSR count). The van der Waals surface area contributed by atoms with Gasteiger partial charge in [-0.1, -0.05) is 124 Å². The molecule has 0 radical (unpaired) electrons. The smallest absolute Gasteiger partial charge is 0.0212 e. The Morgan fingerprint density at radius 3 is 1.21 bits per heavy atom. The summed E-state index contributed by atoms with van der Waals surface area (Å²) in [4.78, 5) is 0. The Morgan fingerprint density at radius 1 is 0.483 bits per heavy atom. The zero-order valence-electron chi connectivity index (χ0n) is 21.3. The van der Waals surface area contributed by atoms with E-state index in [1.165, 1.54) is 122 Å². The number of unbranched alkanes of at least 4 members (excludes halogenated alkanes) is 14. The molecule has 0 aliphatic rings. The second kappa shape index (κ2) is 28.7. The van der Waals surface area contributed by atoms with Gasteiger partial charge in [-0.3, -0.25) is 0 Å². The van der Waals surface area contributed by atoms with Crippen molar-refractivity contribution in [2.24, 2.45) is 0 Å². The molecule has 0 saturated carbocycles. The number of hydrogen-bond acceptors (Lipinski definition) is 0. The van der Waals surface area contributed by atoms with Gasteiger partial charge in [-0.05, 0) is 43.7 Å². The van der Waals surface area contributed by atoms with Gasteiger partial charge in [-0.25, -0.2) is 0 Å². The molecule has 3 heteroatoms. The Kier molecular flexibility index (Phi) is 33.9. The van der Waals surface area contributed by atoms with E-state index < -0.39 is 0 Å². The van der Waals surface area contributed by atoms with Crippen LogP contribution in [0.1, 0.15) is 150 Å². The first kappa shape index (κ1) is 34.3. The third-order valence-corrected chi connectivity index (χ3v) is 9.66. The van der Waals surface area contributed by atoms with Gasteiger partial charge in [0.25, 0.3) is 0 Å². The van der Waals surface area contributed by atoms with E-state index in [0.29, 0.717) is 7.92 Å². The van der Waals surface area contributed by atoms with Crippen LogP contribution in [0.5, 0.6) is 0 Å². The maximum Gasteiger partial charge on any atom is -0.0212 e. The van der Waals surface area contributed by atoms with Gasteiger partial charge in [0, 0.05) is 0 Å². The fourth-order valence-corrected chi connectivity index (χ4v) is 7.57. The van der Waals surface area contributed by atoms with E-state index in [1.807, 2.05) is 0 Å². The summed E-state index contributed by atoms with van der Waals surface area (Å²) in [6.07, 6.45) is 31.1. The van der Waals surface area contributed by atoms with Crippen LogP contribution in [0, 0.1) is 0 Å². The highest BCUT2D eigenvalue weighted by atomic mass is 35.5. The van der Waals surface area contributed by atoms with Gasteiger partial charge in [0.1, 0.15) is 0 Å². The average molecular weight is 452 g/mol. The molecule has 0 aromatic carbocycles. The van der Waals surface area contributed by atoms with Gasteiger partial charge in [0.15, 0.2) is 0 Å². The lowest BCUT2D eigenvalue weighted by molar-refractivity contribution is -0.00000659. The van der Waals surface area contributed by atoms with Crippen molar-refractivity contribution < 1.29 is 12.4 Å². The zero-order chi connectivity index (χ0) is 20.0. The molecular formula is C26H59ClNP. The standard InChI is InChI=1S/C26H55P.ClH.H3N/c1-5-9-12-15-18-21-24-27(25-22-19-16-13-10-6-2)26(8-4)23-20-17-14-11-7-3;;/h26H,5-25H2,1-4H3;1H;1H3. The van der Waals surface area contributed by atoms with Crippen LogP contribution >= 0.6 is 7.92 Å². The molecule has 0 aliphatic carbocycles. The third-order valence-electron chi connectivity index (χ3n) is 6.23. The van der Waals surface area contributed by atoms with Gasteiger partial charge in [-0.15, -0.1) is 7.92 Å². The number of halogens is 1. The molecule has 0 spiro atoms. The zero-order valence-corrected chi connectivity index (χ0v) is 22.9. The monoisotopic (exact) mass is 451 g/mol. The molecule has 29 heavy (non-hydrogen) atoms. The van der Waals surface area contributed by atoms with E-state index in [9.17, 15) is 0 Å². The van der Waals surface area contributed by atoms with E-state index >= 15 is 0 Å². The molecule has 1 atom stereocenters. The molecule has 4 N–H and O–H groups in total. The van der Waals surface area contributed by atoms with Crippen molar-refractivity contribution in [3.63, 3.8) is 0 Å². The molecule has 1 unspecified atom stereocenters. The van der Waals surface area contributed by atoms with Crippen molar-refractivity contribution in [2.45, 2.75) is 155 Å². The summed E-state index contributed by atoms with van der Waals surface area (Å²) in [6.45, 7) is 9.46. The van der Waals surface area contributed by atoms with Crippen molar-refractivity contribution in [2.75, 3.05) is 12.3 Å². The first-order valence-corrected chi connectivity index (χ1v) is 14.8. The molecule has 1 nitrogen and oxygen atoms in total. The topological polar surface area (TPSA) is 36.5 Å². The summed E-state index contributed by atoms with van der Waals surface area (Å²) in [5.74, 6) is 0. The highest BCUT2D eigenvalue weighted by molar-refractivity contribution is 7.58. The summed E-state index contributed by atoms with van der Waals surface area (Å²) in [6, 6.07) is 0. The lowest BCUT2D eigenvalue weighted by Crippen LogP contribution is -3.00. The van der Waals surface area contributed by atoms with E-state index in [0.717, 1.165) is 5.66 Å². The second-order valence-electron chi connectivity index (χ2n) is 8.84. The van der Waals surface area contributed by atoms with Crippen molar-refractivity contribution in [3.8, 4) is 0 Å². The van der Waals surface area contributed by atoms with Crippen LogP contribution in [0.4, 0.5) is 0 Å². The van der Waals surface area contributed by atoms with Crippen molar-refractivity contribution in [3.05, 3.63) is 0 Å². The minimum absolute atomic E-state index is 0. The van der Waals surface area contributed by atoms with Crippen LogP contribution in [0.3, 0.4) is 0 Å². The van der Waals surface area contributed by atoms with Crippen LogP contribution in [0.25, 0.3) is 0 Å². The van der Waals surface area contributed by atoms with Gasteiger partial charge in [-0.2, -0.15) is 0 Å². The van der Waals surface area contributed by atoms with Crippen molar-refractivity contribution >= 4 is 7.92 Å². The largest absolute Gasteiger partial charge is 1.00 e. The fourth-order valence-electron chi connectivity index (χ4n) is 4.30. The Balaban J connectivity index is -0.00000338. The molecule has 0 fully saturated rings. The second-order valence-corrected chi connectivity index (χ2v) is 11.6. The summed E-state index contributed by atoms with van der Waals surface area (Å²) in [7, 11) is 0.302. The maximum absolute atomic E-state index is 2.48. The minimum atomic E-state index is 0. The number of rotatable bonds is 22. The average Bonchev–Trinajstić information content (AvgIpc) is 2.68. The molecule has 0 heterocycles. The number of hydrogen-bond donors (Lipinski definition) is 1. The number of quaternary nitrogens is 1. The van der Waals surface area contributed by atoms with Crippen LogP contribution in [0.15, 0.2) is 0 Å². The summed E-state index contributed by atoms with van der Waals surface area (Å²) in [5.41, 5.74) is 1.08. The van der Waals surface area contributed by atoms with Gasteiger partial charge < -0.3 is 18.6 Å². The summed E-state index contributed by atoms with van der Waals surface area (Å²) >= 11 is 0. The van der Waals surface area contributed by atoms with Crippen LogP contribution in [-0.2, 0) is 0 Å². The predicted molar refractivity (Wildman–Crippen MR) is 137 cm³/mol. The van der Waals surface area contributed by atoms with Crippen molar-refractivity contribution in [1.29, 1.82) is 0 Å². The lowest BCUT2D eigenvalue weighted by Gasteiger charge is -2.27. The lowest BCUT2D eigenvalue weighted by atomic mass is 10.1. The maximum atomic E-state index is 2.48. The van der Waals surface area contributed by atoms with Gasteiger partial charge in [0.2, 0.25) is 0 Å². The molecule has 0 saturated heterocycles. The molecule has 0 aromatic heterocycles. The predicted octanol–water partition coefficient (Wildman–Crippen LogP) is 7.71. The normalized spacial score (nSPS) is 11.9. The third kappa shape index (κ3) is 23.2. The Hall–Kier alpha value is 0.680. The van der Waals surface area contributed by atoms with Gasteiger partial charge in [0.05, 0.1) is 0 Å². The molecule has 0 aliphatic heterocycles. The molecule has 0 aromatic rings. The Bertz CT molecular complexity index is 259. The first-order valence-electron chi connectivity index (χ1n) is 13.0. The molecule has 180 valence electrons. The SMILES string of the molecule is CCCCCCCCP(CCCCCCCC)C(CC)CCCCCCC.[Cl-].[NH4+]. The van der Waals surface area contributed by atoms with E-state index in [2.05, 4.69) is 27.7 Å². The summed E-state index contributed by atoms with van der Waals surface area (Å²) < 4.78 is 0. The first-order chi connectivity index (χ1) is 13.3. The van der Waals surface area contributed by atoms with E-state index in [-0.39, 0.29) is 18.6 Å². The highest BCUT2D eigenvalue weighted by Gasteiger charge is 2.18. The fraction of sp³-hybridized carbons (Fsp3) is 1.00. The van der Waals surface area contributed by atoms with E-state index in [1.54, 1.807) is 12.3 Å². The molecule has 0 bridgehead atoms. The Morgan fingerprint density at radius 2 is 0.828 bits per heavy atom. The molecular weight excluding hydrogens is 393 g/mol. The summed E-state index contributed by atoms with van der Waals surface area (Å²) in [5, 5.41) is 0. The van der Waals surface area contributed by atoms with Crippen LogP contribution < -0.4 is 18.6 Å². The highest BCUT2D eigenvalue weighted by Crippen LogP contribution is 2.47. The van der Waals surface area contributed by atoms with Crippen LogP contribution in [-0.4, -0.2) is 18.0 Å². The quantitative estimate of drug-likeness (QED) is 0.129. The Labute approximate surface area is 194 Å².